The standard InChI is InChI=1S/C25H32O2/c1-18-3-9-24(10-4-18)27-16-19-5-6-21-14-22(8-7-20(21)13-19)23-11-12-25(2,15-23)17-26/h3-4,7-10,14,19,23,26H,5-6,11-13,15-17H2,1-2H3/t19-,23-,25-/m0/s1. The molecule has 0 bridgehead atoms. The molecule has 0 aliphatic heterocycles. The van der Waals surface area contributed by atoms with Crippen LogP contribution in [0.4, 0.5) is 0 Å². The fourth-order valence-corrected chi connectivity index (χ4v) is 4.84. The summed E-state index contributed by atoms with van der Waals surface area (Å²) in [7, 11) is 0. The van der Waals surface area contributed by atoms with E-state index in [0.717, 1.165) is 38.0 Å². The highest BCUT2D eigenvalue weighted by atomic mass is 16.5. The molecular formula is C25H32O2. The lowest BCUT2D eigenvalue weighted by molar-refractivity contribution is 0.147. The van der Waals surface area contributed by atoms with Gasteiger partial charge in [0.2, 0.25) is 0 Å². The van der Waals surface area contributed by atoms with Gasteiger partial charge in [0.15, 0.2) is 0 Å². The summed E-state index contributed by atoms with van der Waals surface area (Å²) in [6.07, 6.45) is 6.97. The van der Waals surface area contributed by atoms with E-state index in [0.29, 0.717) is 18.4 Å². The second-order valence-corrected chi connectivity index (χ2v) is 9.17. The van der Waals surface area contributed by atoms with Crippen LogP contribution in [0, 0.1) is 18.3 Å². The van der Waals surface area contributed by atoms with Gasteiger partial charge in [0.1, 0.15) is 5.75 Å². The molecule has 0 aromatic heterocycles. The van der Waals surface area contributed by atoms with Crippen LogP contribution in [-0.2, 0) is 12.8 Å². The molecule has 2 aliphatic carbocycles. The lowest BCUT2D eigenvalue weighted by atomic mass is 9.81. The summed E-state index contributed by atoms with van der Waals surface area (Å²) in [5, 5.41) is 9.65. The van der Waals surface area contributed by atoms with E-state index < -0.39 is 0 Å². The highest BCUT2D eigenvalue weighted by molar-refractivity contribution is 5.36. The van der Waals surface area contributed by atoms with Gasteiger partial charge < -0.3 is 9.84 Å². The molecule has 3 atom stereocenters. The predicted molar refractivity (Wildman–Crippen MR) is 110 cm³/mol. The van der Waals surface area contributed by atoms with Gasteiger partial charge in [-0.15, -0.1) is 0 Å². The molecule has 1 fully saturated rings. The monoisotopic (exact) mass is 364 g/mol. The predicted octanol–water partition coefficient (Wildman–Crippen LogP) is 5.45. The molecular weight excluding hydrogens is 332 g/mol. The average molecular weight is 365 g/mol. The maximum atomic E-state index is 9.65. The van der Waals surface area contributed by atoms with Gasteiger partial charge in [-0.3, -0.25) is 0 Å². The number of aliphatic hydroxyl groups excluding tert-OH is 1. The normalized spacial score (nSPS) is 27.4. The Balaban J connectivity index is 1.37. The van der Waals surface area contributed by atoms with Crippen molar-refractivity contribution in [3.8, 4) is 5.75 Å². The first-order chi connectivity index (χ1) is 13.0. The molecule has 1 saturated carbocycles. The van der Waals surface area contributed by atoms with Gasteiger partial charge in [-0.2, -0.15) is 0 Å². The van der Waals surface area contributed by atoms with Crippen molar-refractivity contribution in [3.05, 3.63) is 64.7 Å². The molecule has 2 nitrogen and oxygen atoms in total. The molecule has 2 aromatic carbocycles. The van der Waals surface area contributed by atoms with Crippen molar-refractivity contribution >= 4 is 0 Å². The van der Waals surface area contributed by atoms with E-state index in [2.05, 4.69) is 56.3 Å². The maximum absolute atomic E-state index is 9.65. The number of aliphatic hydroxyl groups is 1. The Morgan fingerprint density at radius 3 is 2.63 bits per heavy atom. The van der Waals surface area contributed by atoms with Crippen LogP contribution in [0.3, 0.4) is 0 Å². The molecule has 144 valence electrons. The zero-order valence-corrected chi connectivity index (χ0v) is 16.7. The van der Waals surface area contributed by atoms with E-state index in [1.807, 2.05) is 0 Å². The molecule has 0 unspecified atom stereocenters. The molecule has 2 aromatic rings. The van der Waals surface area contributed by atoms with Crippen molar-refractivity contribution in [3.63, 3.8) is 0 Å². The SMILES string of the molecule is Cc1ccc(OC[C@H]2CCc3cc([C@H]4CC[C@](C)(CO)C4)ccc3C2)cc1. The minimum absolute atomic E-state index is 0.124. The van der Waals surface area contributed by atoms with Crippen LogP contribution in [0.1, 0.15) is 60.8 Å². The zero-order valence-electron chi connectivity index (χ0n) is 16.7. The molecule has 0 radical (unpaired) electrons. The van der Waals surface area contributed by atoms with Crippen LogP contribution in [0.5, 0.6) is 5.75 Å². The van der Waals surface area contributed by atoms with E-state index in [4.69, 9.17) is 4.74 Å². The van der Waals surface area contributed by atoms with E-state index in [9.17, 15) is 5.11 Å². The molecule has 0 amide bonds. The fraction of sp³-hybridized carbons (Fsp3) is 0.520. The van der Waals surface area contributed by atoms with E-state index >= 15 is 0 Å². The number of hydrogen-bond acceptors (Lipinski definition) is 2. The number of rotatable bonds is 5. The fourth-order valence-electron chi connectivity index (χ4n) is 4.84. The van der Waals surface area contributed by atoms with Crippen molar-refractivity contribution in [2.45, 2.75) is 58.3 Å². The van der Waals surface area contributed by atoms with E-state index in [1.165, 1.54) is 35.1 Å². The highest BCUT2D eigenvalue weighted by Crippen LogP contribution is 2.46. The lowest BCUT2D eigenvalue weighted by Gasteiger charge is -2.26. The van der Waals surface area contributed by atoms with E-state index in [1.54, 1.807) is 0 Å². The van der Waals surface area contributed by atoms with Crippen LogP contribution in [0.25, 0.3) is 0 Å². The van der Waals surface area contributed by atoms with Crippen molar-refractivity contribution in [1.29, 1.82) is 0 Å². The molecule has 27 heavy (non-hydrogen) atoms. The summed E-state index contributed by atoms with van der Waals surface area (Å²) in [5.41, 5.74) is 5.92. The Morgan fingerprint density at radius 2 is 1.89 bits per heavy atom. The summed E-state index contributed by atoms with van der Waals surface area (Å²) in [6.45, 7) is 5.45. The van der Waals surface area contributed by atoms with Gasteiger partial charge in [-0.05, 0) is 91.5 Å². The van der Waals surface area contributed by atoms with Crippen LogP contribution >= 0.6 is 0 Å². The largest absolute Gasteiger partial charge is 0.493 e. The van der Waals surface area contributed by atoms with Gasteiger partial charge in [0, 0.05) is 6.61 Å². The smallest absolute Gasteiger partial charge is 0.119 e. The van der Waals surface area contributed by atoms with Gasteiger partial charge in [0.05, 0.1) is 6.61 Å². The second kappa shape index (κ2) is 7.67. The maximum Gasteiger partial charge on any atom is 0.119 e. The van der Waals surface area contributed by atoms with Crippen LogP contribution in [0.15, 0.2) is 42.5 Å². The third-order valence-electron chi connectivity index (χ3n) is 6.76. The third-order valence-corrected chi connectivity index (χ3v) is 6.76. The summed E-state index contributed by atoms with van der Waals surface area (Å²) < 4.78 is 6.03. The summed E-state index contributed by atoms with van der Waals surface area (Å²) >= 11 is 0. The Labute approximate surface area is 163 Å². The van der Waals surface area contributed by atoms with Gasteiger partial charge >= 0.3 is 0 Å². The van der Waals surface area contributed by atoms with Crippen LogP contribution < -0.4 is 4.74 Å². The van der Waals surface area contributed by atoms with Crippen molar-refractivity contribution in [2.24, 2.45) is 11.3 Å². The Morgan fingerprint density at radius 1 is 1.07 bits per heavy atom. The van der Waals surface area contributed by atoms with Crippen molar-refractivity contribution in [1.82, 2.24) is 0 Å². The molecule has 0 heterocycles. The second-order valence-electron chi connectivity index (χ2n) is 9.17. The van der Waals surface area contributed by atoms with Gasteiger partial charge in [-0.1, -0.05) is 42.8 Å². The van der Waals surface area contributed by atoms with Gasteiger partial charge in [0.25, 0.3) is 0 Å². The van der Waals surface area contributed by atoms with E-state index in [-0.39, 0.29) is 5.41 Å². The van der Waals surface area contributed by atoms with Crippen LogP contribution in [-0.4, -0.2) is 18.3 Å². The molecule has 1 N–H and O–H groups in total. The van der Waals surface area contributed by atoms with Crippen LogP contribution in [0.2, 0.25) is 0 Å². The van der Waals surface area contributed by atoms with Gasteiger partial charge in [-0.25, -0.2) is 0 Å². The molecule has 2 heteroatoms. The van der Waals surface area contributed by atoms with Crippen molar-refractivity contribution in [2.75, 3.05) is 13.2 Å². The average Bonchev–Trinajstić information content (AvgIpc) is 3.10. The quantitative estimate of drug-likeness (QED) is 0.765. The number of ether oxygens (including phenoxy) is 1. The topological polar surface area (TPSA) is 29.5 Å². The lowest BCUT2D eigenvalue weighted by Crippen LogP contribution is -2.21. The number of fused-ring (bicyclic) bond motifs is 1. The zero-order chi connectivity index (χ0) is 18.9. The first kappa shape index (κ1) is 18.6. The minimum Gasteiger partial charge on any atom is -0.493 e. The summed E-state index contributed by atoms with van der Waals surface area (Å²) in [6, 6.07) is 15.5. The van der Waals surface area contributed by atoms with Crippen molar-refractivity contribution < 1.29 is 9.84 Å². The number of aryl methyl sites for hydroxylation is 2. The molecule has 0 saturated heterocycles. The molecule has 4 rings (SSSR count). The first-order valence-corrected chi connectivity index (χ1v) is 10.5. The Hall–Kier alpha value is -1.80. The summed E-state index contributed by atoms with van der Waals surface area (Å²) in [5.74, 6) is 2.21. The Bertz CT molecular complexity index is 779. The number of benzene rings is 2. The number of hydrogen-bond donors (Lipinski definition) is 1. The molecule has 2 aliphatic rings. The highest BCUT2D eigenvalue weighted by Gasteiger charge is 2.35. The summed E-state index contributed by atoms with van der Waals surface area (Å²) in [4.78, 5) is 0. The third kappa shape index (κ3) is 4.21. The molecule has 0 spiro atoms. The Kier molecular flexibility index (Phi) is 5.27. The first-order valence-electron chi connectivity index (χ1n) is 10.5. The minimum atomic E-state index is 0.124.